The van der Waals surface area contributed by atoms with Crippen LogP contribution >= 0.6 is 0 Å². The Balaban J connectivity index is 0.000000180. The van der Waals surface area contributed by atoms with Gasteiger partial charge in [-0.15, -0.1) is 0 Å². The Morgan fingerprint density at radius 1 is 0.617 bits per heavy atom. The molecule has 0 amide bonds. The number of pyridine rings is 2. The van der Waals surface area contributed by atoms with Crippen LogP contribution in [0.25, 0.3) is 22.3 Å². The summed E-state index contributed by atoms with van der Waals surface area (Å²) in [7, 11) is 5.09. The maximum Gasteiger partial charge on any atom is 0.132 e. The van der Waals surface area contributed by atoms with Crippen LogP contribution in [0.5, 0.6) is 11.5 Å². The van der Waals surface area contributed by atoms with Crippen molar-refractivity contribution in [2.75, 3.05) is 83.7 Å². The molecule has 1 aromatic carbocycles. The van der Waals surface area contributed by atoms with Gasteiger partial charge in [0.25, 0.3) is 0 Å². The Morgan fingerprint density at radius 3 is 1.52 bits per heavy atom. The van der Waals surface area contributed by atoms with Gasteiger partial charge in [0, 0.05) is 65.4 Å². The number of nitrogens with zero attached hydrogens (tertiary/aromatic N) is 6. The molecular weight excluding hydrogens is 753 g/mol. The normalized spacial score (nSPS) is 17.5. The highest BCUT2D eigenvalue weighted by molar-refractivity contribution is 5.83. The number of rotatable bonds is 17. The van der Waals surface area contributed by atoms with E-state index in [1.807, 2.05) is 12.1 Å². The Labute approximate surface area is 357 Å². The molecule has 6 heterocycles. The van der Waals surface area contributed by atoms with Crippen molar-refractivity contribution in [2.24, 2.45) is 23.7 Å². The third kappa shape index (κ3) is 9.58. The first kappa shape index (κ1) is 42.4. The number of hydrogen-bond donors (Lipinski definition) is 0. The summed E-state index contributed by atoms with van der Waals surface area (Å²) in [5, 5.41) is 10.1. The molecule has 0 unspecified atom stereocenters. The fourth-order valence-electron chi connectivity index (χ4n) is 9.38. The molecular formula is C49H68N6O5. The van der Waals surface area contributed by atoms with Crippen molar-refractivity contribution in [3.8, 4) is 22.8 Å². The van der Waals surface area contributed by atoms with E-state index in [4.69, 9.17) is 33.9 Å². The monoisotopic (exact) mass is 821 g/mol. The molecule has 9 rings (SSSR count). The zero-order valence-electron chi connectivity index (χ0n) is 37.1. The molecule has 0 atom stereocenters. The summed E-state index contributed by atoms with van der Waals surface area (Å²) in [4.78, 5) is 5.29. The van der Waals surface area contributed by atoms with Gasteiger partial charge in [0.15, 0.2) is 0 Å². The van der Waals surface area contributed by atoms with E-state index >= 15 is 0 Å². The number of benzene rings is 1. The number of ether oxygens (including phenoxy) is 5. The highest BCUT2D eigenvalue weighted by atomic mass is 16.5. The van der Waals surface area contributed by atoms with Gasteiger partial charge in [0.05, 0.1) is 65.9 Å². The molecule has 0 spiro atoms. The fourth-order valence-corrected chi connectivity index (χ4v) is 9.38. The van der Waals surface area contributed by atoms with Crippen LogP contribution in [-0.2, 0) is 33.7 Å². The molecule has 4 aliphatic rings. The summed E-state index contributed by atoms with van der Waals surface area (Å²) in [6, 6.07) is 17.0. The van der Waals surface area contributed by atoms with Crippen molar-refractivity contribution in [1.82, 2.24) is 19.2 Å². The van der Waals surface area contributed by atoms with Gasteiger partial charge >= 0.3 is 0 Å². The highest BCUT2D eigenvalue weighted by Gasteiger charge is 2.32. The predicted molar refractivity (Wildman–Crippen MR) is 240 cm³/mol. The van der Waals surface area contributed by atoms with Crippen molar-refractivity contribution >= 4 is 22.4 Å². The van der Waals surface area contributed by atoms with Crippen molar-refractivity contribution in [1.29, 1.82) is 0 Å². The minimum atomic E-state index is 0.492. The Hall–Kier alpha value is -4.32. The first-order chi connectivity index (χ1) is 29.4. The lowest BCUT2D eigenvalue weighted by Crippen LogP contribution is -2.34. The maximum atomic E-state index is 5.85. The average molecular weight is 821 g/mol. The first-order valence-corrected chi connectivity index (χ1v) is 22.8. The zero-order chi connectivity index (χ0) is 41.6. The molecule has 2 saturated heterocycles. The smallest absolute Gasteiger partial charge is 0.132 e. The van der Waals surface area contributed by atoms with Crippen LogP contribution in [0.4, 0.5) is 11.4 Å². The second kappa shape index (κ2) is 19.6. The highest BCUT2D eigenvalue weighted by Crippen LogP contribution is 2.43. The summed E-state index contributed by atoms with van der Waals surface area (Å²) in [5.74, 6) is 4.59. The number of aromatic nitrogens is 4. The molecule has 11 nitrogen and oxygen atoms in total. The molecule has 0 radical (unpaired) electrons. The largest absolute Gasteiger partial charge is 0.496 e. The molecule has 11 heteroatoms. The van der Waals surface area contributed by atoms with E-state index in [0.29, 0.717) is 12.5 Å². The van der Waals surface area contributed by atoms with E-state index in [1.165, 1.54) is 73.3 Å². The van der Waals surface area contributed by atoms with E-state index in [2.05, 4.69) is 76.0 Å². The lowest BCUT2D eigenvalue weighted by molar-refractivity contribution is 0.0680. The van der Waals surface area contributed by atoms with Crippen LogP contribution < -0.4 is 19.3 Å². The topological polar surface area (TPSA) is 87.2 Å². The molecule has 2 aliphatic carbocycles. The first-order valence-electron chi connectivity index (χ1n) is 22.8. The van der Waals surface area contributed by atoms with Gasteiger partial charge in [-0.1, -0.05) is 26.0 Å². The summed E-state index contributed by atoms with van der Waals surface area (Å²) in [5.41, 5.74) is 11.6. The molecule has 2 saturated carbocycles. The molecule has 0 N–H and O–H groups in total. The van der Waals surface area contributed by atoms with Gasteiger partial charge in [0.2, 0.25) is 0 Å². The van der Waals surface area contributed by atoms with Crippen molar-refractivity contribution in [2.45, 2.75) is 91.6 Å². The van der Waals surface area contributed by atoms with Crippen LogP contribution in [0.1, 0.15) is 87.9 Å². The van der Waals surface area contributed by atoms with Gasteiger partial charge in [0.1, 0.15) is 11.5 Å². The van der Waals surface area contributed by atoms with Crippen molar-refractivity contribution < 1.29 is 23.7 Å². The predicted octanol–water partition coefficient (Wildman–Crippen LogP) is 9.22. The summed E-state index contributed by atoms with van der Waals surface area (Å²) < 4.78 is 32.5. The third-order valence-electron chi connectivity index (χ3n) is 13.0. The van der Waals surface area contributed by atoms with Crippen LogP contribution in [0, 0.1) is 30.6 Å². The lowest BCUT2D eigenvalue weighted by Gasteiger charge is -2.31. The SMILES string of the molecule is CCc1nn2c(-c3c(OC)cc(COC)cc3OC)cccc2c1N(CC1CCOCC1)CC1CC1.CCc1nn2c(C)cccc2c1N(CC1CCOCC1)CC1CC1. The summed E-state index contributed by atoms with van der Waals surface area (Å²) >= 11 is 0. The minimum absolute atomic E-state index is 0.492. The molecule has 60 heavy (non-hydrogen) atoms. The summed E-state index contributed by atoms with van der Waals surface area (Å²) in [6.07, 6.45) is 12.0. The van der Waals surface area contributed by atoms with Crippen LogP contribution in [0.2, 0.25) is 0 Å². The standard InChI is InChI=1S/C29H39N3O4.C20H29N3O/c1-5-23-29(31(17-20-9-10-20)18-21-11-13-36-14-12-21)25-8-6-7-24(32(25)30-23)28-26(34-3)15-22(19-33-2)16-27(28)35-4;1-3-18-20(19-6-4-5-15(2)23(19)21-18)22(13-16-7-8-16)14-17-9-11-24-12-10-17/h6-8,15-16,20-21H,5,9-14,17-19H2,1-4H3;4-6,16-17H,3,7-14H2,1-2H3. The quantitative estimate of drug-likeness (QED) is 0.0912. The second-order valence-electron chi connectivity index (χ2n) is 17.6. The average Bonchev–Trinajstić information content (AvgIpc) is 4.21. The Kier molecular flexibility index (Phi) is 13.8. The second-order valence-corrected chi connectivity index (χ2v) is 17.6. The zero-order valence-corrected chi connectivity index (χ0v) is 37.1. The lowest BCUT2D eigenvalue weighted by atomic mass is 9.99. The van der Waals surface area contributed by atoms with Gasteiger partial charge in [-0.3, -0.25) is 0 Å². The fraction of sp³-hybridized carbons (Fsp3) is 0.592. The Morgan fingerprint density at radius 2 is 1.07 bits per heavy atom. The third-order valence-corrected chi connectivity index (χ3v) is 13.0. The number of anilines is 2. The van der Waals surface area contributed by atoms with Crippen LogP contribution in [-0.4, -0.2) is 93.2 Å². The molecule has 2 aliphatic heterocycles. The number of fused-ring (bicyclic) bond motifs is 2. The van der Waals surface area contributed by atoms with E-state index in [-0.39, 0.29) is 0 Å². The van der Waals surface area contributed by atoms with Gasteiger partial charge in [-0.2, -0.15) is 10.2 Å². The minimum Gasteiger partial charge on any atom is -0.496 e. The van der Waals surface area contributed by atoms with Crippen molar-refractivity contribution in [3.05, 3.63) is 71.2 Å². The maximum absolute atomic E-state index is 5.85. The van der Waals surface area contributed by atoms with E-state index in [9.17, 15) is 0 Å². The van der Waals surface area contributed by atoms with Crippen LogP contribution in [0.3, 0.4) is 0 Å². The molecule has 4 aromatic heterocycles. The Bertz CT molecular complexity index is 2150. The number of hydrogen-bond acceptors (Lipinski definition) is 9. The number of methoxy groups -OCH3 is 3. The van der Waals surface area contributed by atoms with Crippen LogP contribution in [0.15, 0.2) is 48.5 Å². The molecule has 0 bridgehead atoms. The number of aryl methyl sites for hydroxylation is 3. The van der Waals surface area contributed by atoms with E-state index in [0.717, 1.165) is 129 Å². The van der Waals surface area contributed by atoms with E-state index in [1.54, 1.807) is 21.3 Å². The van der Waals surface area contributed by atoms with Gasteiger partial charge < -0.3 is 33.5 Å². The van der Waals surface area contributed by atoms with Crippen molar-refractivity contribution in [3.63, 3.8) is 0 Å². The molecule has 324 valence electrons. The summed E-state index contributed by atoms with van der Waals surface area (Å²) in [6.45, 7) is 15.2. The molecule has 4 fully saturated rings. The molecule has 5 aromatic rings. The van der Waals surface area contributed by atoms with E-state index < -0.39 is 0 Å². The van der Waals surface area contributed by atoms with Gasteiger partial charge in [-0.25, -0.2) is 9.03 Å². The van der Waals surface area contributed by atoms with Gasteiger partial charge in [-0.05, 0) is 137 Å².